The second-order valence-electron chi connectivity index (χ2n) is 5.21. The number of anilines is 1. The highest BCUT2D eigenvalue weighted by atomic mass is 35.5. The van der Waals surface area contributed by atoms with Crippen LogP contribution in [0.5, 0.6) is 0 Å². The summed E-state index contributed by atoms with van der Waals surface area (Å²) in [5.41, 5.74) is 6.52. The second-order valence-corrected chi connectivity index (χ2v) is 7.55. The number of aryl methyl sites for hydroxylation is 1. The first-order valence-electron chi connectivity index (χ1n) is 6.75. The first kappa shape index (κ1) is 15.9. The molecule has 10 heteroatoms. The number of aromatic nitrogens is 3. The lowest BCUT2D eigenvalue weighted by Gasteiger charge is -2.27. The van der Waals surface area contributed by atoms with Crippen LogP contribution in [0.15, 0.2) is 28.3 Å². The lowest BCUT2D eigenvalue weighted by Crippen LogP contribution is -2.40. The molecule has 8 nitrogen and oxygen atoms in total. The van der Waals surface area contributed by atoms with Gasteiger partial charge in [-0.25, -0.2) is 18.4 Å². The maximum atomic E-state index is 12.8. The number of halogens is 1. The van der Waals surface area contributed by atoms with Crippen molar-refractivity contribution in [2.24, 2.45) is 7.05 Å². The van der Waals surface area contributed by atoms with Crippen LogP contribution in [-0.2, 0) is 30.0 Å². The first-order chi connectivity index (χ1) is 10.8. The molecule has 0 bridgehead atoms. The third-order valence-electron chi connectivity index (χ3n) is 3.72. The van der Waals surface area contributed by atoms with Crippen LogP contribution in [0.25, 0.3) is 0 Å². The van der Waals surface area contributed by atoms with E-state index in [4.69, 9.17) is 17.3 Å². The zero-order valence-corrected chi connectivity index (χ0v) is 13.8. The van der Waals surface area contributed by atoms with Crippen molar-refractivity contribution in [2.75, 3.05) is 12.3 Å². The number of pyridine rings is 1. The number of fused-ring (bicyclic) bond motifs is 1. The molecule has 2 aromatic heterocycles. The molecule has 2 N–H and O–H groups in total. The molecule has 0 saturated heterocycles. The SMILES string of the molecule is Cn1cnc2c(c1=O)CCN(S(=O)(=O)c1cc(Cl)cnc1N)C2. The summed E-state index contributed by atoms with van der Waals surface area (Å²) < 4.78 is 28.1. The Morgan fingerprint density at radius 3 is 2.83 bits per heavy atom. The van der Waals surface area contributed by atoms with E-state index in [1.807, 2.05) is 0 Å². The molecule has 0 unspecified atom stereocenters. The number of nitrogens with two attached hydrogens (primary N) is 1. The van der Waals surface area contributed by atoms with Crippen LogP contribution in [0, 0.1) is 0 Å². The van der Waals surface area contributed by atoms with Crippen LogP contribution in [0.3, 0.4) is 0 Å². The Morgan fingerprint density at radius 2 is 2.09 bits per heavy atom. The number of hydrogen-bond donors (Lipinski definition) is 1. The number of sulfonamides is 1. The van der Waals surface area contributed by atoms with Crippen LogP contribution in [0.1, 0.15) is 11.3 Å². The molecule has 0 spiro atoms. The monoisotopic (exact) mass is 355 g/mol. The van der Waals surface area contributed by atoms with Gasteiger partial charge in [0.2, 0.25) is 10.0 Å². The zero-order valence-electron chi connectivity index (χ0n) is 12.2. The van der Waals surface area contributed by atoms with Crippen LogP contribution in [0.2, 0.25) is 5.02 Å². The zero-order chi connectivity index (χ0) is 16.8. The van der Waals surface area contributed by atoms with Crippen LogP contribution < -0.4 is 11.3 Å². The van der Waals surface area contributed by atoms with E-state index in [2.05, 4.69) is 9.97 Å². The van der Waals surface area contributed by atoms with Crippen molar-refractivity contribution in [3.05, 3.63) is 45.2 Å². The standard InChI is InChI=1S/C13H14ClN5O3S/c1-18-7-17-10-6-19(3-2-9(10)13(18)20)23(21,22)11-4-8(14)5-16-12(11)15/h4-5,7H,2-3,6H2,1H3,(H2,15,16). The lowest BCUT2D eigenvalue weighted by molar-refractivity contribution is 0.382. The summed E-state index contributed by atoms with van der Waals surface area (Å²) in [6.07, 6.45) is 2.96. The van der Waals surface area contributed by atoms with Gasteiger partial charge < -0.3 is 10.3 Å². The Hall–Kier alpha value is -1.97. The van der Waals surface area contributed by atoms with Gasteiger partial charge in [-0.1, -0.05) is 11.6 Å². The fourth-order valence-electron chi connectivity index (χ4n) is 2.48. The van der Waals surface area contributed by atoms with Gasteiger partial charge in [0.15, 0.2) is 0 Å². The van der Waals surface area contributed by atoms with Crippen LogP contribution >= 0.6 is 11.6 Å². The van der Waals surface area contributed by atoms with E-state index in [9.17, 15) is 13.2 Å². The smallest absolute Gasteiger partial charge is 0.256 e. The van der Waals surface area contributed by atoms with Crippen molar-refractivity contribution in [1.82, 2.24) is 18.8 Å². The number of hydrogen-bond acceptors (Lipinski definition) is 6. The lowest BCUT2D eigenvalue weighted by atomic mass is 10.1. The number of nitrogen functional groups attached to an aromatic ring is 1. The molecule has 1 aliphatic heterocycles. The predicted octanol–water partition coefficient (Wildman–Crippen LogP) is 0.158. The molecule has 0 atom stereocenters. The van der Waals surface area contributed by atoms with Gasteiger partial charge >= 0.3 is 0 Å². The summed E-state index contributed by atoms with van der Waals surface area (Å²) >= 11 is 5.82. The van der Waals surface area contributed by atoms with Gasteiger partial charge in [0.05, 0.1) is 23.6 Å². The molecule has 3 rings (SSSR count). The molecular weight excluding hydrogens is 342 g/mol. The fraction of sp³-hybridized carbons (Fsp3) is 0.308. The van der Waals surface area contributed by atoms with Crippen LogP contribution in [-0.4, -0.2) is 33.8 Å². The topological polar surface area (TPSA) is 111 Å². The van der Waals surface area contributed by atoms with E-state index < -0.39 is 10.0 Å². The minimum absolute atomic E-state index is 0.0136. The molecule has 1 aliphatic rings. The maximum Gasteiger partial charge on any atom is 0.256 e. The molecule has 3 heterocycles. The summed E-state index contributed by atoms with van der Waals surface area (Å²) in [5, 5.41) is 0.183. The largest absolute Gasteiger partial charge is 0.383 e. The molecule has 0 amide bonds. The van der Waals surface area contributed by atoms with Crippen molar-refractivity contribution >= 4 is 27.4 Å². The predicted molar refractivity (Wildman–Crippen MR) is 84.4 cm³/mol. The molecule has 122 valence electrons. The van der Waals surface area contributed by atoms with Gasteiger partial charge in [-0.3, -0.25) is 4.79 Å². The molecule has 2 aromatic rings. The van der Waals surface area contributed by atoms with Crippen molar-refractivity contribution in [3.63, 3.8) is 0 Å². The Morgan fingerprint density at radius 1 is 1.35 bits per heavy atom. The summed E-state index contributed by atoms with van der Waals surface area (Å²) in [7, 11) is -2.26. The van der Waals surface area contributed by atoms with Gasteiger partial charge in [0.1, 0.15) is 10.7 Å². The molecule has 0 saturated carbocycles. The van der Waals surface area contributed by atoms with E-state index >= 15 is 0 Å². The summed E-state index contributed by atoms with van der Waals surface area (Å²) in [6, 6.07) is 1.27. The van der Waals surface area contributed by atoms with Gasteiger partial charge in [-0.2, -0.15) is 4.31 Å². The Balaban J connectivity index is 2.01. The van der Waals surface area contributed by atoms with E-state index in [0.29, 0.717) is 17.7 Å². The van der Waals surface area contributed by atoms with E-state index in [1.54, 1.807) is 7.05 Å². The Labute approximate surface area is 137 Å². The molecule has 0 fully saturated rings. The summed E-state index contributed by atoms with van der Waals surface area (Å²) in [6.45, 7) is 0.182. The molecule has 0 aliphatic carbocycles. The van der Waals surface area contributed by atoms with Crippen molar-refractivity contribution in [1.29, 1.82) is 0 Å². The van der Waals surface area contributed by atoms with Gasteiger partial charge in [0, 0.05) is 25.4 Å². The van der Waals surface area contributed by atoms with Gasteiger partial charge in [-0.05, 0) is 12.5 Å². The second kappa shape index (κ2) is 5.59. The minimum Gasteiger partial charge on any atom is -0.383 e. The van der Waals surface area contributed by atoms with Crippen molar-refractivity contribution < 1.29 is 8.42 Å². The molecule has 0 aromatic carbocycles. The van der Waals surface area contributed by atoms with E-state index in [0.717, 1.165) is 0 Å². The van der Waals surface area contributed by atoms with Crippen molar-refractivity contribution in [3.8, 4) is 0 Å². The van der Waals surface area contributed by atoms with Gasteiger partial charge in [0.25, 0.3) is 5.56 Å². The maximum absolute atomic E-state index is 12.8. The number of rotatable bonds is 2. The third kappa shape index (κ3) is 2.71. The van der Waals surface area contributed by atoms with Crippen LogP contribution in [0.4, 0.5) is 5.82 Å². The van der Waals surface area contributed by atoms with E-state index in [1.165, 1.54) is 27.5 Å². The van der Waals surface area contributed by atoms with Crippen molar-refractivity contribution in [2.45, 2.75) is 17.9 Å². The Bertz CT molecular complexity index is 941. The normalized spacial score (nSPS) is 15.4. The highest BCUT2D eigenvalue weighted by molar-refractivity contribution is 7.89. The first-order valence-corrected chi connectivity index (χ1v) is 8.57. The molecule has 23 heavy (non-hydrogen) atoms. The average molecular weight is 356 g/mol. The fourth-order valence-corrected chi connectivity index (χ4v) is 4.19. The third-order valence-corrected chi connectivity index (χ3v) is 5.80. The molecule has 0 radical (unpaired) electrons. The highest BCUT2D eigenvalue weighted by Crippen LogP contribution is 2.27. The Kier molecular flexibility index (Phi) is 3.86. The van der Waals surface area contributed by atoms with E-state index in [-0.39, 0.29) is 34.4 Å². The molecular formula is C13H14ClN5O3S. The summed E-state index contributed by atoms with van der Waals surface area (Å²) in [4.78, 5) is 19.8. The minimum atomic E-state index is -3.87. The summed E-state index contributed by atoms with van der Waals surface area (Å²) in [5.74, 6) is -0.114. The highest BCUT2D eigenvalue weighted by Gasteiger charge is 2.32. The average Bonchev–Trinajstić information content (AvgIpc) is 2.53. The van der Waals surface area contributed by atoms with Gasteiger partial charge in [-0.15, -0.1) is 0 Å². The number of nitrogens with zero attached hydrogens (tertiary/aromatic N) is 4. The quantitative estimate of drug-likeness (QED) is 0.821.